The lowest BCUT2D eigenvalue weighted by Crippen LogP contribution is -2.38. The Labute approximate surface area is 196 Å². The molecule has 3 rings (SSSR count). The number of aromatic nitrogens is 2. The fraction of sp³-hybridized carbons (Fsp3) is 0.391. The summed E-state index contributed by atoms with van der Waals surface area (Å²) in [5, 5.41) is 6.72. The van der Waals surface area contributed by atoms with Crippen molar-refractivity contribution >= 4 is 41.0 Å². The van der Waals surface area contributed by atoms with Crippen LogP contribution < -0.4 is 15.4 Å². The number of halogens is 1. The summed E-state index contributed by atoms with van der Waals surface area (Å²) in [6.45, 7) is 6.70. The zero-order chi connectivity index (χ0) is 20.5. The van der Waals surface area contributed by atoms with Crippen molar-refractivity contribution in [1.29, 1.82) is 0 Å². The minimum atomic E-state index is 0. The fourth-order valence-corrected chi connectivity index (χ4v) is 3.23. The van der Waals surface area contributed by atoms with Crippen molar-refractivity contribution in [2.24, 2.45) is 4.99 Å². The van der Waals surface area contributed by atoms with Gasteiger partial charge in [-0.05, 0) is 49.1 Å². The third kappa shape index (κ3) is 6.90. The molecule has 6 nitrogen and oxygen atoms in total. The number of aromatic amines is 1. The van der Waals surface area contributed by atoms with Crippen molar-refractivity contribution in [3.8, 4) is 5.75 Å². The molecule has 2 aromatic carbocycles. The van der Waals surface area contributed by atoms with Crippen molar-refractivity contribution in [3.63, 3.8) is 0 Å². The summed E-state index contributed by atoms with van der Waals surface area (Å²) in [6.07, 6.45) is 1.81. The molecule has 0 saturated heterocycles. The van der Waals surface area contributed by atoms with Gasteiger partial charge in [0.1, 0.15) is 11.6 Å². The number of hydrogen-bond acceptors (Lipinski definition) is 3. The van der Waals surface area contributed by atoms with Gasteiger partial charge in [0.25, 0.3) is 0 Å². The first-order chi connectivity index (χ1) is 14.2. The number of nitrogens with zero attached hydrogens (tertiary/aromatic N) is 2. The molecule has 162 valence electrons. The van der Waals surface area contributed by atoms with Crippen LogP contribution in [0, 0.1) is 0 Å². The van der Waals surface area contributed by atoms with E-state index in [4.69, 9.17) is 9.73 Å². The number of ether oxygens (including phenoxy) is 1. The Morgan fingerprint density at radius 3 is 2.60 bits per heavy atom. The highest BCUT2D eigenvalue weighted by atomic mass is 127. The summed E-state index contributed by atoms with van der Waals surface area (Å²) in [4.78, 5) is 12.7. The van der Waals surface area contributed by atoms with Crippen molar-refractivity contribution < 1.29 is 4.74 Å². The van der Waals surface area contributed by atoms with Gasteiger partial charge in [0.15, 0.2) is 5.96 Å². The van der Waals surface area contributed by atoms with Crippen LogP contribution in [0.3, 0.4) is 0 Å². The molecule has 0 radical (unpaired) electrons. The maximum atomic E-state index is 5.23. The first-order valence-corrected chi connectivity index (χ1v) is 10.3. The zero-order valence-electron chi connectivity index (χ0n) is 17.9. The molecule has 7 heteroatoms. The molecule has 0 fully saturated rings. The zero-order valence-corrected chi connectivity index (χ0v) is 20.3. The summed E-state index contributed by atoms with van der Waals surface area (Å²) in [5.41, 5.74) is 3.40. The number of nitrogens with one attached hydrogen (secondary N) is 3. The van der Waals surface area contributed by atoms with Crippen LogP contribution in [0.2, 0.25) is 0 Å². The first-order valence-electron chi connectivity index (χ1n) is 10.3. The second-order valence-electron chi connectivity index (χ2n) is 7.10. The summed E-state index contributed by atoms with van der Waals surface area (Å²) >= 11 is 0. The lowest BCUT2D eigenvalue weighted by molar-refractivity contribution is 0.414. The van der Waals surface area contributed by atoms with Gasteiger partial charge in [-0.1, -0.05) is 31.2 Å². The van der Waals surface area contributed by atoms with Gasteiger partial charge in [-0.25, -0.2) is 4.98 Å². The minimum absolute atomic E-state index is 0. The number of methoxy groups -OCH3 is 1. The average molecular weight is 521 g/mol. The number of guanidine groups is 1. The van der Waals surface area contributed by atoms with Crippen LogP contribution in [-0.4, -0.2) is 42.7 Å². The minimum Gasteiger partial charge on any atom is -0.497 e. The summed E-state index contributed by atoms with van der Waals surface area (Å²) in [6, 6.07) is 16.4. The third-order valence-electron chi connectivity index (χ3n) is 4.95. The van der Waals surface area contributed by atoms with Gasteiger partial charge in [-0.3, -0.25) is 4.99 Å². The predicted octanol–water partition coefficient (Wildman–Crippen LogP) is 4.48. The second kappa shape index (κ2) is 12.4. The van der Waals surface area contributed by atoms with Gasteiger partial charge >= 0.3 is 0 Å². The fourth-order valence-electron chi connectivity index (χ4n) is 3.23. The van der Waals surface area contributed by atoms with E-state index in [9.17, 15) is 0 Å². The van der Waals surface area contributed by atoms with Gasteiger partial charge < -0.3 is 20.4 Å². The largest absolute Gasteiger partial charge is 0.497 e. The van der Waals surface area contributed by atoms with E-state index in [1.807, 2.05) is 30.3 Å². The molecule has 0 amide bonds. The predicted molar refractivity (Wildman–Crippen MR) is 135 cm³/mol. The molecule has 1 unspecified atom stereocenters. The maximum absolute atomic E-state index is 5.23. The highest BCUT2D eigenvalue weighted by Crippen LogP contribution is 2.21. The average Bonchev–Trinajstić information content (AvgIpc) is 3.16. The number of benzene rings is 2. The Bertz CT molecular complexity index is 890. The van der Waals surface area contributed by atoms with Crippen molar-refractivity contribution in [2.45, 2.75) is 32.6 Å². The van der Waals surface area contributed by atoms with Gasteiger partial charge in [0.2, 0.25) is 0 Å². The standard InChI is InChI=1S/C23H31N5O.HI/c1-4-24-23(25-15-13-17(2)18-9-11-19(29-3)12-10-18)26-16-14-22-27-20-7-5-6-8-21(20)28-22;/h5-12,17H,4,13-16H2,1-3H3,(H,27,28)(H2,24,25,26);1H. The monoisotopic (exact) mass is 521 g/mol. The Hall–Kier alpha value is -2.29. The Balaban J connectivity index is 0.00000320. The molecule has 1 atom stereocenters. The van der Waals surface area contributed by atoms with E-state index >= 15 is 0 Å². The molecular weight excluding hydrogens is 489 g/mol. The summed E-state index contributed by atoms with van der Waals surface area (Å²) < 4.78 is 5.23. The highest BCUT2D eigenvalue weighted by molar-refractivity contribution is 14.0. The molecule has 0 aliphatic carbocycles. The topological polar surface area (TPSA) is 74.3 Å². The molecule has 3 aromatic rings. The maximum Gasteiger partial charge on any atom is 0.191 e. The molecule has 30 heavy (non-hydrogen) atoms. The van der Waals surface area contributed by atoms with E-state index in [0.29, 0.717) is 5.92 Å². The van der Waals surface area contributed by atoms with E-state index in [2.05, 4.69) is 52.6 Å². The number of rotatable bonds is 9. The Morgan fingerprint density at radius 2 is 1.90 bits per heavy atom. The molecule has 1 aromatic heterocycles. The van der Waals surface area contributed by atoms with E-state index < -0.39 is 0 Å². The van der Waals surface area contributed by atoms with Crippen LogP contribution in [0.25, 0.3) is 11.0 Å². The van der Waals surface area contributed by atoms with Crippen LogP contribution in [0.1, 0.15) is 37.6 Å². The molecule has 3 N–H and O–H groups in total. The lowest BCUT2D eigenvalue weighted by Gasteiger charge is -2.13. The third-order valence-corrected chi connectivity index (χ3v) is 4.95. The van der Waals surface area contributed by atoms with E-state index in [1.165, 1.54) is 5.56 Å². The van der Waals surface area contributed by atoms with Crippen LogP contribution in [0.5, 0.6) is 5.75 Å². The number of H-pyrrole nitrogens is 1. The van der Waals surface area contributed by atoms with E-state index in [1.54, 1.807) is 7.11 Å². The number of fused-ring (bicyclic) bond motifs is 1. The molecule has 0 aliphatic rings. The Kier molecular flexibility index (Phi) is 9.93. The van der Waals surface area contributed by atoms with Gasteiger partial charge in [0.05, 0.1) is 18.1 Å². The molecule has 1 heterocycles. The molecule has 0 saturated carbocycles. The van der Waals surface area contributed by atoms with E-state index in [0.717, 1.165) is 61.0 Å². The van der Waals surface area contributed by atoms with Crippen molar-refractivity contribution in [2.75, 3.05) is 26.7 Å². The quantitative estimate of drug-likeness (QED) is 0.221. The SMILES string of the molecule is CCNC(=NCCC(C)c1ccc(OC)cc1)NCCc1nc2ccccc2[nH]1.I. The Morgan fingerprint density at radius 1 is 1.13 bits per heavy atom. The van der Waals surface area contributed by atoms with Gasteiger partial charge in [-0.15, -0.1) is 24.0 Å². The van der Waals surface area contributed by atoms with Gasteiger partial charge in [-0.2, -0.15) is 0 Å². The molecule has 0 bridgehead atoms. The summed E-state index contributed by atoms with van der Waals surface area (Å²) in [7, 11) is 1.69. The number of hydrogen-bond donors (Lipinski definition) is 3. The second-order valence-corrected chi connectivity index (χ2v) is 7.10. The smallest absolute Gasteiger partial charge is 0.191 e. The lowest BCUT2D eigenvalue weighted by atomic mass is 9.98. The van der Waals surface area contributed by atoms with E-state index in [-0.39, 0.29) is 24.0 Å². The summed E-state index contributed by atoms with van der Waals surface area (Å²) in [5.74, 6) is 3.18. The van der Waals surface area contributed by atoms with Crippen molar-refractivity contribution in [1.82, 2.24) is 20.6 Å². The highest BCUT2D eigenvalue weighted by Gasteiger charge is 2.06. The first kappa shape index (κ1) is 24.0. The molecular formula is C23H32IN5O. The van der Waals surface area contributed by atoms with Crippen molar-refractivity contribution in [3.05, 3.63) is 59.9 Å². The van der Waals surface area contributed by atoms with Gasteiger partial charge in [0, 0.05) is 26.1 Å². The number of aliphatic imine (C=N–C) groups is 1. The van der Waals surface area contributed by atoms with Crippen LogP contribution in [0.15, 0.2) is 53.5 Å². The number of para-hydroxylation sites is 2. The number of imidazole rings is 1. The van der Waals surface area contributed by atoms with Crippen LogP contribution >= 0.6 is 24.0 Å². The normalized spacial score (nSPS) is 12.3. The van der Waals surface area contributed by atoms with Crippen LogP contribution in [-0.2, 0) is 6.42 Å². The molecule has 0 aliphatic heterocycles. The van der Waals surface area contributed by atoms with Crippen LogP contribution in [0.4, 0.5) is 0 Å². The molecule has 0 spiro atoms.